The Kier molecular flexibility index (Phi) is 4.50. The molecule has 2 aromatic rings. The molecule has 2 rings (SSSR count). The molecular weight excluding hydrogens is 333 g/mol. The lowest BCUT2D eigenvalue weighted by Gasteiger charge is -2.18. The van der Waals surface area contributed by atoms with Crippen molar-refractivity contribution in [3.8, 4) is 0 Å². The third kappa shape index (κ3) is 3.41. The van der Waals surface area contributed by atoms with Crippen molar-refractivity contribution >= 4 is 15.9 Å². The molecule has 1 nitrogen and oxygen atoms in total. The summed E-state index contributed by atoms with van der Waals surface area (Å²) in [6.07, 6.45) is -5.28. The molecule has 0 unspecified atom stereocenters. The molecule has 106 valence electrons. The van der Waals surface area contributed by atoms with E-state index in [-0.39, 0.29) is 4.83 Å². The van der Waals surface area contributed by atoms with Crippen molar-refractivity contribution in [3.05, 3.63) is 71.3 Å². The highest BCUT2D eigenvalue weighted by molar-refractivity contribution is 9.09. The molecule has 0 bridgehead atoms. The number of hydrogen-bond donors (Lipinski definition) is 1. The van der Waals surface area contributed by atoms with Crippen LogP contribution in [-0.2, 0) is 6.18 Å². The van der Waals surface area contributed by atoms with Gasteiger partial charge in [-0.1, -0.05) is 58.4 Å². The molecule has 0 amide bonds. The number of aliphatic hydroxyl groups is 1. The summed E-state index contributed by atoms with van der Waals surface area (Å²) >= 11 is 3.37. The van der Waals surface area contributed by atoms with Crippen LogP contribution in [0.3, 0.4) is 0 Å². The van der Waals surface area contributed by atoms with Crippen LogP contribution in [0.25, 0.3) is 0 Å². The van der Waals surface area contributed by atoms with Gasteiger partial charge in [0.15, 0.2) is 0 Å². The number of halogens is 4. The van der Waals surface area contributed by atoms with Gasteiger partial charge in [-0.3, -0.25) is 0 Å². The van der Waals surface area contributed by atoms with Crippen molar-refractivity contribution in [2.45, 2.75) is 17.1 Å². The van der Waals surface area contributed by atoms with E-state index in [4.69, 9.17) is 0 Å². The standard InChI is InChI=1S/C15H12BrF3O/c16-13(10-4-2-1-3-5-10)14(20)11-6-8-12(9-7-11)15(17,18)19/h1-9,13-14,20H/t13-,14-/m1/s1. The quantitative estimate of drug-likeness (QED) is 0.787. The summed E-state index contributed by atoms with van der Waals surface area (Å²) < 4.78 is 37.4. The van der Waals surface area contributed by atoms with E-state index in [1.165, 1.54) is 12.1 Å². The van der Waals surface area contributed by atoms with Crippen LogP contribution in [0.5, 0.6) is 0 Å². The molecule has 0 aliphatic heterocycles. The number of hydrogen-bond acceptors (Lipinski definition) is 1. The van der Waals surface area contributed by atoms with E-state index in [0.717, 1.165) is 17.7 Å². The lowest BCUT2D eigenvalue weighted by Crippen LogP contribution is -2.08. The summed E-state index contributed by atoms with van der Waals surface area (Å²) in [5.74, 6) is 0. The van der Waals surface area contributed by atoms with Crippen LogP contribution in [0, 0.1) is 0 Å². The largest absolute Gasteiger partial charge is 0.416 e. The van der Waals surface area contributed by atoms with Gasteiger partial charge in [-0.2, -0.15) is 13.2 Å². The van der Waals surface area contributed by atoms with Gasteiger partial charge in [0.1, 0.15) is 0 Å². The van der Waals surface area contributed by atoms with E-state index in [1.54, 1.807) is 0 Å². The third-order valence-electron chi connectivity index (χ3n) is 2.97. The number of benzene rings is 2. The van der Waals surface area contributed by atoms with E-state index < -0.39 is 17.8 Å². The van der Waals surface area contributed by atoms with Crippen LogP contribution in [0.2, 0.25) is 0 Å². The summed E-state index contributed by atoms with van der Waals surface area (Å²) in [4.78, 5) is -0.375. The minimum Gasteiger partial charge on any atom is -0.387 e. The van der Waals surface area contributed by atoms with Crippen LogP contribution in [-0.4, -0.2) is 5.11 Å². The van der Waals surface area contributed by atoms with Crippen LogP contribution in [0.15, 0.2) is 54.6 Å². The first-order valence-electron chi connectivity index (χ1n) is 5.94. The average molecular weight is 345 g/mol. The molecule has 5 heteroatoms. The van der Waals surface area contributed by atoms with Crippen LogP contribution < -0.4 is 0 Å². The van der Waals surface area contributed by atoms with Gasteiger partial charge in [-0.05, 0) is 23.3 Å². The lowest BCUT2D eigenvalue weighted by atomic mass is 10.00. The van der Waals surface area contributed by atoms with Crippen molar-refractivity contribution < 1.29 is 18.3 Å². The molecule has 0 saturated heterocycles. The Morgan fingerprint density at radius 3 is 1.90 bits per heavy atom. The van der Waals surface area contributed by atoms with Crippen LogP contribution in [0.1, 0.15) is 27.6 Å². The zero-order chi connectivity index (χ0) is 14.8. The number of alkyl halides is 4. The maximum Gasteiger partial charge on any atom is 0.416 e. The molecule has 0 saturated carbocycles. The Bertz CT molecular complexity index is 552. The van der Waals surface area contributed by atoms with Crippen molar-refractivity contribution in [2.75, 3.05) is 0 Å². The van der Waals surface area contributed by atoms with Crippen LogP contribution in [0.4, 0.5) is 13.2 Å². The molecule has 1 N–H and O–H groups in total. The Morgan fingerprint density at radius 2 is 1.40 bits per heavy atom. The zero-order valence-corrected chi connectivity index (χ0v) is 11.9. The summed E-state index contributed by atoms with van der Waals surface area (Å²) in [7, 11) is 0. The monoisotopic (exact) mass is 344 g/mol. The summed E-state index contributed by atoms with van der Waals surface area (Å²) in [5, 5.41) is 10.2. The van der Waals surface area contributed by atoms with Gasteiger partial charge in [0, 0.05) is 0 Å². The Hall–Kier alpha value is -1.33. The Balaban J connectivity index is 2.19. The minimum atomic E-state index is -4.36. The molecule has 0 heterocycles. The molecule has 0 fully saturated rings. The van der Waals surface area contributed by atoms with Gasteiger partial charge in [-0.15, -0.1) is 0 Å². The number of rotatable bonds is 3. The summed E-state index contributed by atoms with van der Waals surface area (Å²) in [5.41, 5.74) is 0.572. The maximum atomic E-state index is 12.5. The minimum absolute atomic E-state index is 0.375. The van der Waals surface area contributed by atoms with E-state index in [0.29, 0.717) is 5.56 Å². The van der Waals surface area contributed by atoms with Gasteiger partial charge in [-0.25, -0.2) is 0 Å². The fourth-order valence-electron chi connectivity index (χ4n) is 1.86. The summed E-state index contributed by atoms with van der Waals surface area (Å²) in [6, 6.07) is 13.8. The Labute approximate surface area is 123 Å². The van der Waals surface area contributed by atoms with Crippen molar-refractivity contribution in [1.29, 1.82) is 0 Å². The maximum absolute atomic E-state index is 12.5. The van der Waals surface area contributed by atoms with Gasteiger partial charge in [0.2, 0.25) is 0 Å². The Morgan fingerprint density at radius 1 is 0.850 bits per heavy atom. The second-order valence-electron chi connectivity index (χ2n) is 4.38. The molecule has 0 radical (unpaired) electrons. The highest BCUT2D eigenvalue weighted by Gasteiger charge is 2.30. The first-order chi connectivity index (χ1) is 9.39. The van der Waals surface area contributed by atoms with Gasteiger partial charge >= 0.3 is 6.18 Å². The summed E-state index contributed by atoms with van der Waals surface area (Å²) in [6.45, 7) is 0. The van der Waals surface area contributed by atoms with E-state index >= 15 is 0 Å². The molecule has 0 aliphatic carbocycles. The second-order valence-corrected chi connectivity index (χ2v) is 5.36. The molecule has 20 heavy (non-hydrogen) atoms. The zero-order valence-electron chi connectivity index (χ0n) is 10.3. The molecule has 2 atom stereocenters. The topological polar surface area (TPSA) is 20.2 Å². The van der Waals surface area contributed by atoms with Gasteiger partial charge < -0.3 is 5.11 Å². The second kappa shape index (κ2) is 5.97. The van der Waals surface area contributed by atoms with E-state index in [9.17, 15) is 18.3 Å². The predicted molar refractivity (Wildman–Crippen MR) is 74.5 cm³/mol. The first-order valence-corrected chi connectivity index (χ1v) is 6.85. The predicted octanol–water partition coefficient (Wildman–Crippen LogP) is 4.88. The van der Waals surface area contributed by atoms with Crippen LogP contribution >= 0.6 is 15.9 Å². The molecule has 0 aromatic heterocycles. The van der Waals surface area contributed by atoms with E-state index in [1.807, 2.05) is 30.3 Å². The average Bonchev–Trinajstić information content (AvgIpc) is 2.46. The van der Waals surface area contributed by atoms with Gasteiger partial charge in [0.05, 0.1) is 16.5 Å². The fraction of sp³-hybridized carbons (Fsp3) is 0.200. The van der Waals surface area contributed by atoms with Crippen molar-refractivity contribution in [2.24, 2.45) is 0 Å². The molecule has 2 aromatic carbocycles. The number of aliphatic hydroxyl groups excluding tert-OH is 1. The SMILES string of the molecule is O[C@H](c1ccc(C(F)(F)F)cc1)[C@H](Br)c1ccccc1. The van der Waals surface area contributed by atoms with Gasteiger partial charge in [0.25, 0.3) is 0 Å². The smallest absolute Gasteiger partial charge is 0.387 e. The highest BCUT2D eigenvalue weighted by Crippen LogP contribution is 2.37. The first kappa shape index (κ1) is 15.1. The van der Waals surface area contributed by atoms with E-state index in [2.05, 4.69) is 15.9 Å². The third-order valence-corrected chi connectivity index (χ3v) is 4.00. The van der Waals surface area contributed by atoms with Crippen molar-refractivity contribution in [3.63, 3.8) is 0 Å². The lowest BCUT2D eigenvalue weighted by molar-refractivity contribution is -0.137. The highest BCUT2D eigenvalue weighted by atomic mass is 79.9. The molecule has 0 spiro atoms. The fourth-order valence-corrected chi connectivity index (χ4v) is 2.47. The molecular formula is C15H12BrF3O. The van der Waals surface area contributed by atoms with Crippen molar-refractivity contribution in [1.82, 2.24) is 0 Å². The normalized spacial score (nSPS) is 14.8. The molecule has 0 aliphatic rings.